The minimum Gasteiger partial charge on any atom is -0.481 e. The first-order valence-electron chi connectivity index (χ1n) is 10.4. The molecule has 1 N–H and O–H groups in total. The van der Waals surface area contributed by atoms with Crippen molar-refractivity contribution in [2.24, 2.45) is 0 Å². The van der Waals surface area contributed by atoms with Crippen LogP contribution in [0.3, 0.4) is 0 Å². The minimum atomic E-state index is -0.394. The number of hydrogen-bond acceptors (Lipinski definition) is 6. The van der Waals surface area contributed by atoms with Crippen molar-refractivity contribution < 1.29 is 13.9 Å². The lowest BCUT2D eigenvalue weighted by atomic mass is 10.1. The van der Waals surface area contributed by atoms with Crippen molar-refractivity contribution in [3.05, 3.63) is 76.2 Å². The molecular formula is C23H26N4O4. The second-order valence-corrected chi connectivity index (χ2v) is 7.59. The van der Waals surface area contributed by atoms with Crippen LogP contribution in [0, 0.1) is 6.92 Å². The summed E-state index contributed by atoms with van der Waals surface area (Å²) in [7, 11) is 1.53. The molecular weight excluding hydrogens is 396 g/mol. The Hall–Kier alpha value is -3.39. The Kier molecular flexibility index (Phi) is 6.18. The summed E-state index contributed by atoms with van der Waals surface area (Å²) in [6, 6.07) is 8.87. The fourth-order valence-electron chi connectivity index (χ4n) is 3.96. The van der Waals surface area contributed by atoms with Gasteiger partial charge < -0.3 is 14.5 Å². The van der Waals surface area contributed by atoms with Gasteiger partial charge in [-0.05, 0) is 62.7 Å². The highest BCUT2D eigenvalue weighted by molar-refractivity contribution is 5.95. The third kappa shape index (κ3) is 4.39. The van der Waals surface area contributed by atoms with E-state index in [1.807, 2.05) is 12.1 Å². The molecule has 0 spiro atoms. The molecule has 1 aliphatic rings. The van der Waals surface area contributed by atoms with Crippen LogP contribution in [-0.2, 0) is 0 Å². The number of ether oxygens (including phenoxy) is 1. The smallest absolute Gasteiger partial charge is 0.268 e. The van der Waals surface area contributed by atoms with Crippen LogP contribution in [0.5, 0.6) is 5.88 Å². The van der Waals surface area contributed by atoms with Crippen LogP contribution < -0.4 is 15.6 Å². The number of nitrogens with one attached hydrogen (secondary N) is 1. The zero-order valence-corrected chi connectivity index (χ0v) is 17.7. The van der Waals surface area contributed by atoms with E-state index in [-0.39, 0.29) is 17.2 Å². The molecule has 8 nitrogen and oxygen atoms in total. The lowest BCUT2D eigenvalue weighted by Crippen LogP contribution is -2.39. The third-order valence-corrected chi connectivity index (χ3v) is 5.64. The fourth-order valence-corrected chi connectivity index (χ4v) is 3.96. The summed E-state index contributed by atoms with van der Waals surface area (Å²) in [4.78, 5) is 32.6. The van der Waals surface area contributed by atoms with E-state index in [4.69, 9.17) is 9.15 Å². The number of amides is 1. The van der Waals surface area contributed by atoms with Gasteiger partial charge in [-0.2, -0.15) is 0 Å². The Balaban J connectivity index is 1.57. The summed E-state index contributed by atoms with van der Waals surface area (Å²) in [6.45, 7) is 4.05. The van der Waals surface area contributed by atoms with Gasteiger partial charge >= 0.3 is 0 Å². The molecule has 1 fully saturated rings. The van der Waals surface area contributed by atoms with Gasteiger partial charge in [0.25, 0.3) is 11.5 Å². The van der Waals surface area contributed by atoms with Crippen LogP contribution in [0.1, 0.15) is 40.6 Å². The van der Waals surface area contributed by atoms with Crippen molar-refractivity contribution in [2.45, 2.75) is 25.8 Å². The Morgan fingerprint density at radius 1 is 1.26 bits per heavy atom. The van der Waals surface area contributed by atoms with Gasteiger partial charge in [0, 0.05) is 18.8 Å². The maximum absolute atomic E-state index is 13.1. The largest absolute Gasteiger partial charge is 0.481 e. The second kappa shape index (κ2) is 9.18. The minimum absolute atomic E-state index is 0.0570. The van der Waals surface area contributed by atoms with Crippen LogP contribution in [0.2, 0.25) is 0 Å². The van der Waals surface area contributed by atoms with Crippen molar-refractivity contribution in [2.75, 3.05) is 26.7 Å². The maximum atomic E-state index is 13.1. The van der Waals surface area contributed by atoms with E-state index in [0.717, 1.165) is 31.7 Å². The molecule has 8 heteroatoms. The number of carbonyl (C=O) groups excluding carboxylic acids is 1. The van der Waals surface area contributed by atoms with Crippen molar-refractivity contribution in [1.29, 1.82) is 0 Å². The van der Waals surface area contributed by atoms with E-state index in [9.17, 15) is 9.59 Å². The van der Waals surface area contributed by atoms with Gasteiger partial charge in [-0.25, -0.2) is 4.98 Å². The number of aryl methyl sites for hydroxylation is 1. The molecule has 162 valence electrons. The summed E-state index contributed by atoms with van der Waals surface area (Å²) in [5.74, 6) is 0.871. The predicted molar refractivity (Wildman–Crippen MR) is 116 cm³/mol. The van der Waals surface area contributed by atoms with E-state index in [2.05, 4.69) is 15.2 Å². The highest BCUT2D eigenvalue weighted by atomic mass is 16.5. The summed E-state index contributed by atoms with van der Waals surface area (Å²) in [5.41, 5.74) is 0.916. The standard InChI is InChI=1S/C23H26N4O4/c1-16-9-12-27(17-7-8-20(30-2)24-14-17)23(29)21(16)22(28)25-15-18(19-6-5-13-31-19)26-10-3-4-11-26/h5-9,12-14,18H,3-4,10-11,15H2,1-2H3,(H,25,28). The number of aromatic nitrogens is 2. The summed E-state index contributed by atoms with van der Waals surface area (Å²) in [6.07, 6.45) is 7.08. The number of methoxy groups -OCH3 is 1. The average Bonchev–Trinajstić information content (AvgIpc) is 3.49. The van der Waals surface area contributed by atoms with Crippen molar-refractivity contribution in [1.82, 2.24) is 19.8 Å². The molecule has 3 aromatic rings. The molecule has 0 aliphatic carbocycles. The molecule has 4 rings (SSSR count). The van der Waals surface area contributed by atoms with E-state index >= 15 is 0 Å². The second-order valence-electron chi connectivity index (χ2n) is 7.59. The van der Waals surface area contributed by atoms with Gasteiger partial charge in [0.2, 0.25) is 5.88 Å². The Morgan fingerprint density at radius 3 is 2.71 bits per heavy atom. The maximum Gasteiger partial charge on any atom is 0.268 e. The highest BCUT2D eigenvalue weighted by Gasteiger charge is 2.27. The van der Waals surface area contributed by atoms with Gasteiger partial charge in [0.15, 0.2) is 0 Å². The summed E-state index contributed by atoms with van der Waals surface area (Å²) >= 11 is 0. The van der Waals surface area contributed by atoms with Gasteiger partial charge in [0.1, 0.15) is 11.3 Å². The van der Waals surface area contributed by atoms with Crippen molar-refractivity contribution in [3.8, 4) is 11.6 Å². The number of carbonyl (C=O) groups is 1. The Labute approximate surface area is 180 Å². The quantitative estimate of drug-likeness (QED) is 0.630. The van der Waals surface area contributed by atoms with Gasteiger partial charge in [-0.3, -0.25) is 19.1 Å². The first-order valence-corrected chi connectivity index (χ1v) is 10.4. The molecule has 0 aromatic carbocycles. The number of likely N-dealkylation sites (tertiary alicyclic amines) is 1. The molecule has 1 atom stereocenters. The fraction of sp³-hybridized carbons (Fsp3) is 0.348. The molecule has 0 bridgehead atoms. The normalized spacial score (nSPS) is 15.0. The van der Waals surface area contributed by atoms with Crippen LogP contribution in [0.15, 0.2) is 58.2 Å². The van der Waals surface area contributed by atoms with Crippen LogP contribution in [0.25, 0.3) is 5.69 Å². The monoisotopic (exact) mass is 422 g/mol. The van der Waals surface area contributed by atoms with E-state index in [1.54, 1.807) is 37.6 Å². The van der Waals surface area contributed by atoms with E-state index in [0.29, 0.717) is 23.7 Å². The average molecular weight is 422 g/mol. The topological polar surface area (TPSA) is 89.6 Å². The van der Waals surface area contributed by atoms with Crippen LogP contribution in [-0.4, -0.2) is 47.1 Å². The Morgan fingerprint density at radius 2 is 2.06 bits per heavy atom. The first-order chi connectivity index (χ1) is 15.1. The summed E-state index contributed by atoms with van der Waals surface area (Å²) in [5, 5.41) is 2.95. The molecule has 31 heavy (non-hydrogen) atoms. The molecule has 1 unspecified atom stereocenters. The zero-order chi connectivity index (χ0) is 21.8. The van der Waals surface area contributed by atoms with Gasteiger partial charge in [0.05, 0.1) is 31.3 Å². The first kappa shape index (κ1) is 20.9. The molecule has 4 heterocycles. The number of pyridine rings is 2. The van der Waals surface area contributed by atoms with Crippen molar-refractivity contribution in [3.63, 3.8) is 0 Å². The SMILES string of the molecule is COc1ccc(-n2ccc(C)c(C(=O)NCC(c3ccco3)N3CCCC3)c2=O)cn1. The predicted octanol–water partition coefficient (Wildman–Crippen LogP) is 2.71. The van der Waals surface area contributed by atoms with E-state index in [1.165, 1.54) is 17.9 Å². The number of rotatable bonds is 7. The molecule has 1 amide bonds. The zero-order valence-electron chi connectivity index (χ0n) is 17.7. The van der Waals surface area contributed by atoms with E-state index < -0.39 is 5.91 Å². The van der Waals surface area contributed by atoms with Crippen LogP contribution in [0.4, 0.5) is 0 Å². The Bertz CT molecular complexity index is 1080. The number of hydrogen-bond donors (Lipinski definition) is 1. The number of furan rings is 1. The van der Waals surface area contributed by atoms with Gasteiger partial charge in [-0.15, -0.1) is 0 Å². The molecule has 1 aliphatic heterocycles. The molecule has 0 saturated carbocycles. The lowest BCUT2D eigenvalue weighted by Gasteiger charge is -2.26. The van der Waals surface area contributed by atoms with Gasteiger partial charge in [-0.1, -0.05) is 0 Å². The summed E-state index contributed by atoms with van der Waals surface area (Å²) < 4.78 is 12.1. The highest BCUT2D eigenvalue weighted by Crippen LogP contribution is 2.25. The molecule has 3 aromatic heterocycles. The lowest BCUT2D eigenvalue weighted by molar-refractivity contribution is 0.0931. The third-order valence-electron chi connectivity index (χ3n) is 5.64. The molecule has 0 radical (unpaired) electrons. The number of nitrogens with zero attached hydrogens (tertiary/aromatic N) is 3. The molecule has 1 saturated heterocycles. The van der Waals surface area contributed by atoms with Crippen LogP contribution >= 0.6 is 0 Å². The van der Waals surface area contributed by atoms with Crippen molar-refractivity contribution >= 4 is 5.91 Å².